The number of amides is 1. The second kappa shape index (κ2) is 6.75. The van der Waals surface area contributed by atoms with Crippen molar-refractivity contribution in [3.05, 3.63) is 12.2 Å². The van der Waals surface area contributed by atoms with E-state index in [1.807, 2.05) is 7.05 Å². The van der Waals surface area contributed by atoms with Crippen molar-refractivity contribution in [1.29, 1.82) is 0 Å². The first kappa shape index (κ1) is 16.2. The molecule has 0 radical (unpaired) electrons. The minimum absolute atomic E-state index is 0. The summed E-state index contributed by atoms with van der Waals surface area (Å²) in [5.74, 6) is 1.53. The molecule has 1 amide bonds. The summed E-state index contributed by atoms with van der Waals surface area (Å²) in [6.07, 6.45) is 7.03. The van der Waals surface area contributed by atoms with E-state index in [2.05, 4.69) is 20.7 Å². The van der Waals surface area contributed by atoms with Crippen LogP contribution >= 0.6 is 12.4 Å². The van der Waals surface area contributed by atoms with Crippen LogP contribution in [0.5, 0.6) is 0 Å². The van der Waals surface area contributed by atoms with Crippen molar-refractivity contribution in [2.75, 3.05) is 19.6 Å². The number of aryl methyl sites for hydroxylation is 1. The number of halogens is 1. The van der Waals surface area contributed by atoms with Crippen LogP contribution in [0.15, 0.2) is 6.33 Å². The lowest BCUT2D eigenvalue weighted by Crippen LogP contribution is -2.48. The van der Waals surface area contributed by atoms with Crippen LogP contribution in [0.25, 0.3) is 0 Å². The van der Waals surface area contributed by atoms with Gasteiger partial charge in [-0.2, -0.15) is 5.10 Å². The Hall–Kier alpha value is -1.14. The normalized spacial score (nSPS) is 27.8. The number of nitrogens with zero attached hydrogens (tertiary/aromatic N) is 3. The fourth-order valence-electron chi connectivity index (χ4n) is 3.65. The average Bonchev–Trinajstić information content (AvgIpc) is 3.05. The molecule has 0 bridgehead atoms. The predicted molar refractivity (Wildman–Crippen MR) is 82.2 cm³/mol. The van der Waals surface area contributed by atoms with Crippen LogP contribution in [-0.4, -0.2) is 40.3 Å². The molecule has 6 nitrogen and oxygen atoms in total. The number of carbonyl (C=O) groups is 1. The monoisotopic (exact) mass is 313 g/mol. The van der Waals surface area contributed by atoms with E-state index in [-0.39, 0.29) is 23.7 Å². The molecule has 1 saturated carbocycles. The maximum Gasteiger partial charge on any atom is 0.227 e. The van der Waals surface area contributed by atoms with E-state index in [1.165, 1.54) is 19.3 Å². The summed E-state index contributed by atoms with van der Waals surface area (Å²) in [6, 6.07) is 0. The van der Waals surface area contributed by atoms with E-state index in [1.54, 1.807) is 11.0 Å². The van der Waals surface area contributed by atoms with E-state index in [4.69, 9.17) is 0 Å². The van der Waals surface area contributed by atoms with Gasteiger partial charge in [0.15, 0.2) is 5.82 Å². The zero-order chi connectivity index (χ0) is 14.0. The van der Waals surface area contributed by atoms with Gasteiger partial charge < -0.3 is 10.6 Å². The molecule has 1 aliphatic carbocycles. The summed E-state index contributed by atoms with van der Waals surface area (Å²) in [6.45, 7) is 2.46. The SMILES string of the molecule is Cl.Cn1cnc(CCNC(=O)[C@@]23CCCC[C@H]2CNC3)n1. The molecule has 0 spiro atoms. The zero-order valence-corrected chi connectivity index (χ0v) is 13.3. The van der Waals surface area contributed by atoms with Crippen LogP contribution < -0.4 is 10.6 Å². The number of hydrogen-bond acceptors (Lipinski definition) is 4. The third-order valence-electron chi connectivity index (χ3n) is 4.77. The lowest BCUT2D eigenvalue weighted by molar-refractivity contribution is -0.133. The summed E-state index contributed by atoms with van der Waals surface area (Å²) in [4.78, 5) is 16.8. The molecule has 3 rings (SSSR count). The first-order valence-electron chi connectivity index (χ1n) is 7.54. The molecule has 2 aliphatic rings. The topological polar surface area (TPSA) is 71.8 Å². The third-order valence-corrected chi connectivity index (χ3v) is 4.77. The van der Waals surface area contributed by atoms with Crippen molar-refractivity contribution in [3.63, 3.8) is 0 Å². The van der Waals surface area contributed by atoms with E-state index in [9.17, 15) is 4.79 Å². The van der Waals surface area contributed by atoms with Crippen LogP contribution in [0.1, 0.15) is 31.5 Å². The van der Waals surface area contributed by atoms with Crippen LogP contribution in [0, 0.1) is 11.3 Å². The number of carbonyl (C=O) groups excluding carboxylic acids is 1. The fourth-order valence-corrected chi connectivity index (χ4v) is 3.65. The average molecular weight is 314 g/mol. The highest BCUT2D eigenvalue weighted by Crippen LogP contribution is 2.43. The minimum Gasteiger partial charge on any atom is -0.355 e. The molecular weight excluding hydrogens is 290 g/mol. The zero-order valence-electron chi connectivity index (χ0n) is 12.5. The van der Waals surface area contributed by atoms with E-state index < -0.39 is 0 Å². The quantitative estimate of drug-likeness (QED) is 0.857. The summed E-state index contributed by atoms with van der Waals surface area (Å²) >= 11 is 0. The standard InChI is InChI=1S/C14H23N5O.ClH/c1-19-10-17-12(18-19)5-7-16-13(20)14-6-3-2-4-11(14)8-15-9-14;/h10-11,15H,2-9H2,1H3,(H,16,20);1H/t11-,14+;/m0./s1. The van der Waals surface area contributed by atoms with Gasteiger partial charge in [-0.05, 0) is 25.3 Å². The van der Waals surface area contributed by atoms with Gasteiger partial charge in [-0.25, -0.2) is 4.98 Å². The number of fused-ring (bicyclic) bond motifs is 1. The van der Waals surface area contributed by atoms with Gasteiger partial charge in [-0.1, -0.05) is 12.8 Å². The van der Waals surface area contributed by atoms with Crippen LogP contribution in [0.3, 0.4) is 0 Å². The van der Waals surface area contributed by atoms with Gasteiger partial charge in [-0.3, -0.25) is 9.48 Å². The van der Waals surface area contributed by atoms with Gasteiger partial charge in [0.05, 0.1) is 5.41 Å². The molecular formula is C14H24ClN5O. The Morgan fingerprint density at radius 3 is 3.19 bits per heavy atom. The Bertz CT molecular complexity index is 491. The molecule has 118 valence electrons. The Morgan fingerprint density at radius 2 is 2.43 bits per heavy atom. The van der Waals surface area contributed by atoms with Crippen molar-refractivity contribution in [1.82, 2.24) is 25.4 Å². The van der Waals surface area contributed by atoms with Gasteiger partial charge in [-0.15, -0.1) is 12.4 Å². The summed E-state index contributed by atoms with van der Waals surface area (Å²) in [7, 11) is 1.85. The highest BCUT2D eigenvalue weighted by molar-refractivity contribution is 5.85. The van der Waals surface area contributed by atoms with Gasteiger partial charge in [0.25, 0.3) is 0 Å². The Morgan fingerprint density at radius 1 is 1.57 bits per heavy atom. The highest BCUT2D eigenvalue weighted by atomic mass is 35.5. The minimum atomic E-state index is -0.157. The Labute approximate surface area is 131 Å². The lowest BCUT2D eigenvalue weighted by atomic mass is 9.67. The molecule has 0 unspecified atom stereocenters. The van der Waals surface area contributed by atoms with Gasteiger partial charge in [0.1, 0.15) is 6.33 Å². The smallest absolute Gasteiger partial charge is 0.227 e. The highest BCUT2D eigenvalue weighted by Gasteiger charge is 2.49. The van der Waals surface area contributed by atoms with Crippen molar-refractivity contribution < 1.29 is 4.79 Å². The second-order valence-corrected chi connectivity index (χ2v) is 6.07. The van der Waals surface area contributed by atoms with Crippen LogP contribution in [0.4, 0.5) is 0 Å². The van der Waals surface area contributed by atoms with Gasteiger partial charge in [0.2, 0.25) is 5.91 Å². The van der Waals surface area contributed by atoms with Crippen molar-refractivity contribution in [2.24, 2.45) is 18.4 Å². The second-order valence-electron chi connectivity index (χ2n) is 6.07. The maximum atomic E-state index is 12.6. The molecule has 1 aromatic rings. The molecule has 1 aromatic heterocycles. The molecule has 2 atom stereocenters. The van der Waals surface area contributed by atoms with Crippen LogP contribution in [-0.2, 0) is 18.3 Å². The molecule has 2 fully saturated rings. The summed E-state index contributed by atoms with van der Waals surface area (Å²) in [5, 5.41) is 10.7. The van der Waals surface area contributed by atoms with E-state index >= 15 is 0 Å². The molecule has 2 heterocycles. The maximum absolute atomic E-state index is 12.6. The van der Waals surface area contributed by atoms with E-state index in [0.717, 1.165) is 25.3 Å². The van der Waals surface area contributed by atoms with Crippen molar-refractivity contribution in [3.8, 4) is 0 Å². The lowest BCUT2D eigenvalue weighted by Gasteiger charge is -2.37. The molecule has 0 aromatic carbocycles. The van der Waals surface area contributed by atoms with Gasteiger partial charge >= 0.3 is 0 Å². The predicted octanol–water partition coefficient (Wildman–Crippen LogP) is 0.675. The molecule has 1 saturated heterocycles. The third kappa shape index (κ3) is 3.21. The van der Waals surface area contributed by atoms with Crippen LogP contribution in [0.2, 0.25) is 0 Å². The molecule has 1 aliphatic heterocycles. The fraction of sp³-hybridized carbons (Fsp3) is 0.786. The Kier molecular flexibility index (Phi) is 5.22. The molecule has 21 heavy (non-hydrogen) atoms. The number of aromatic nitrogens is 3. The molecule has 7 heteroatoms. The number of hydrogen-bond donors (Lipinski definition) is 2. The van der Waals surface area contributed by atoms with Crippen molar-refractivity contribution >= 4 is 18.3 Å². The number of rotatable bonds is 4. The first-order chi connectivity index (χ1) is 9.71. The summed E-state index contributed by atoms with van der Waals surface area (Å²) in [5.41, 5.74) is -0.157. The van der Waals surface area contributed by atoms with E-state index in [0.29, 0.717) is 18.9 Å². The van der Waals surface area contributed by atoms with Crippen molar-refractivity contribution in [2.45, 2.75) is 32.1 Å². The molecule has 2 N–H and O–H groups in total. The van der Waals surface area contributed by atoms with Gasteiger partial charge in [0, 0.05) is 26.6 Å². The number of nitrogens with one attached hydrogen (secondary N) is 2. The Balaban J connectivity index is 0.00000161. The first-order valence-corrected chi connectivity index (χ1v) is 7.54. The largest absolute Gasteiger partial charge is 0.355 e. The summed E-state index contributed by atoms with van der Waals surface area (Å²) < 4.78 is 1.69.